The lowest BCUT2D eigenvalue weighted by Gasteiger charge is -2.22. The van der Waals surface area contributed by atoms with Gasteiger partial charge in [-0.25, -0.2) is 4.98 Å². The monoisotopic (exact) mass is 279 g/mol. The molecule has 2 aromatic rings. The first-order valence-corrected chi connectivity index (χ1v) is 6.38. The number of halogens is 1. The number of imidazole rings is 1. The van der Waals surface area contributed by atoms with Crippen molar-refractivity contribution in [3.63, 3.8) is 0 Å². The average Bonchev–Trinajstić information content (AvgIpc) is 2.80. The summed E-state index contributed by atoms with van der Waals surface area (Å²) in [5.41, 5.74) is 8.45. The maximum atomic E-state index is 6.17. The molecule has 19 heavy (non-hydrogen) atoms. The molecule has 0 aliphatic carbocycles. The molecule has 0 unspecified atom stereocenters. The van der Waals surface area contributed by atoms with Gasteiger partial charge in [0.15, 0.2) is 0 Å². The van der Waals surface area contributed by atoms with Crippen molar-refractivity contribution in [2.24, 2.45) is 5.73 Å². The lowest BCUT2D eigenvalue weighted by molar-refractivity contribution is 0.411. The molecule has 1 aromatic heterocycles. The summed E-state index contributed by atoms with van der Waals surface area (Å²) in [6, 6.07) is 3.78. The summed E-state index contributed by atoms with van der Waals surface area (Å²) < 4.78 is 7.33. The van der Waals surface area contributed by atoms with Crippen molar-refractivity contribution >= 4 is 11.6 Å². The Morgan fingerprint density at radius 3 is 2.63 bits per heavy atom. The molecular weight excluding hydrogens is 262 g/mol. The second-order valence-electron chi connectivity index (χ2n) is 5.14. The Kier molecular flexibility index (Phi) is 3.56. The van der Waals surface area contributed by atoms with E-state index in [4.69, 9.17) is 22.1 Å². The summed E-state index contributed by atoms with van der Waals surface area (Å²) in [6.07, 6.45) is 3.50. The molecule has 0 spiro atoms. The molecule has 2 rings (SSSR count). The highest BCUT2D eigenvalue weighted by Gasteiger charge is 2.21. The van der Waals surface area contributed by atoms with E-state index in [2.05, 4.69) is 4.98 Å². The molecule has 0 fully saturated rings. The van der Waals surface area contributed by atoms with Crippen LogP contribution in [0.5, 0.6) is 5.75 Å². The van der Waals surface area contributed by atoms with E-state index in [0.717, 1.165) is 16.9 Å². The van der Waals surface area contributed by atoms with Crippen LogP contribution < -0.4 is 10.5 Å². The first-order valence-electron chi connectivity index (χ1n) is 6.01. The minimum absolute atomic E-state index is 0.491. The van der Waals surface area contributed by atoms with Crippen LogP contribution in [0.2, 0.25) is 5.02 Å². The summed E-state index contributed by atoms with van der Waals surface area (Å²) in [5.74, 6) is 0.694. The van der Waals surface area contributed by atoms with Crippen molar-refractivity contribution in [3.8, 4) is 11.4 Å². The molecule has 0 bridgehead atoms. The normalized spacial score (nSPS) is 11.7. The van der Waals surface area contributed by atoms with Crippen LogP contribution in [0, 0.1) is 6.92 Å². The molecule has 0 saturated carbocycles. The Bertz CT molecular complexity index is 599. The van der Waals surface area contributed by atoms with Crippen molar-refractivity contribution in [2.45, 2.75) is 26.3 Å². The number of rotatable bonds is 3. The number of aryl methyl sites for hydroxylation is 1. The number of ether oxygens (including phenoxy) is 1. The van der Waals surface area contributed by atoms with Crippen molar-refractivity contribution in [1.29, 1.82) is 0 Å². The number of nitrogens with two attached hydrogens (primary N) is 1. The van der Waals surface area contributed by atoms with Crippen molar-refractivity contribution in [2.75, 3.05) is 7.11 Å². The number of nitrogens with zero attached hydrogens (tertiary/aromatic N) is 2. The Labute approximate surface area is 118 Å². The summed E-state index contributed by atoms with van der Waals surface area (Å²) in [6.45, 7) is 5.83. The largest absolute Gasteiger partial charge is 0.495 e. The smallest absolute Gasteiger partial charge is 0.144 e. The molecule has 102 valence electrons. The zero-order valence-corrected chi connectivity index (χ0v) is 12.3. The molecule has 5 heteroatoms. The van der Waals surface area contributed by atoms with Crippen LogP contribution in [-0.2, 0) is 5.54 Å². The fourth-order valence-corrected chi connectivity index (χ4v) is 2.12. The minimum atomic E-state index is -0.491. The van der Waals surface area contributed by atoms with E-state index in [9.17, 15) is 0 Å². The van der Waals surface area contributed by atoms with Crippen LogP contribution in [0.25, 0.3) is 5.69 Å². The van der Waals surface area contributed by atoms with E-state index in [1.165, 1.54) is 0 Å². The molecule has 0 amide bonds. The third kappa shape index (κ3) is 2.60. The number of aromatic nitrogens is 2. The van der Waals surface area contributed by atoms with Crippen molar-refractivity contribution < 1.29 is 4.74 Å². The Hall–Kier alpha value is -1.52. The number of benzene rings is 1. The molecule has 2 N–H and O–H groups in total. The van der Waals surface area contributed by atoms with Crippen LogP contribution >= 0.6 is 11.6 Å². The highest BCUT2D eigenvalue weighted by atomic mass is 35.5. The fraction of sp³-hybridized carbons (Fsp3) is 0.357. The third-order valence-corrected chi connectivity index (χ3v) is 3.43. The number of hydrogen-bond acceptors (Lipinski definition) is 3. The van der Waals surface area contributed by atoms with Gasteiger partial charge in [-0.05, 0) is 32.4 Å². The predicted molar refractivity (Wildman–Crippen MR) is 77.1 cm³/mol. The maximum absolute atomic E-state index is 6.17. The Morgan fingerprint density at radius 2 is 2.05 bits per heavy atom. The van der Waals surface area contributed by atoms with Gasteiger partial charge in [-0.15, -0.1) is 0 Å². The van der Waals surface area contributed by atoms with E-state index in [-0.39, 0.29) is 0 Å². The van der Waals surface area contributed by atoms with E-state index in [0.29, 0.717) is 10.8 Å². The van der Waals surface area contributed by atoms with Crippen LogP contribution in [0.1, 0.15) is 25.1 Å². The predicted octanol–water partition coefficient (Wildman–Crippen LogP) is 3.04. The maximum Gasteiger partial charge on any atom is 0.144 e. The molecule has 4 nitrogen and oxygen atoms in total. The minimum Gasteiger partial charge on any atom is -0.495 e. The zero-order valence-electron chi connectivity index (χ0n) is 11.6. The van der Waals surface area contributed by atoms with Crippen molar-refractivity contribution in [3.05, 3.63) is 40.9 Å². The summed E-state index contributed by atoms with van der Waals surface area (Å²) >= 11 is 6.13. The van der Waals surface area contributed by atoms with Gasteiger partial charge in [0.25, 0.3) is 0 Å². The first-order chi connectivity index (χ1) is 8.84. The molecule has 0 saturated heterocycles. The molecule has 1 aromatic carbocycles. The second kappa shape index (κ2) is 4.87. The van der Waals surface area contributed by atoms with E-state index in [1.807, 2.05) is 31.4 Å². The van der Waals surface area contributed by atoms with E-state index >= 15 is 0 Å². The van der Waals surface area contributed by atoms with Gasteiger partial charge < -0.3 is 10.5 Å². The quantitative estimate of drug-likeness (QED) is 0.939. The van der Waals surface area contributed by atoms with E-state index in [1.54, 1.807) is 25.7 Å². The standard InChI is InChI=1S/C14H18ClN3O/c1-9-5-11(12(19-4)6-10(9)15)18-8-17-7-13(18)14(2,3)16/h5-8H,16H2,1-4H3. The zero-order chi connectivity index (χ0) is 14.2. The number of methoxy groups -OCH3 is 1. The van der Waals surface area contributed by atoms with Crippen LogP contribution in [-0.4, -0.2) is 16.7 Å². The summed E-state index contributed by atoms with van der Waals surface area (Å²) in [5, 5.41) is 0.675. The van der Waals surface area contributed by atoms with Gasteiger partial charge in [-0.2, -0.15) is 0 Å². The van der Waals surface area contributed by atoms with Crippen LogP contribution in [0.4, 0.5) is 0 Å². The molecule has 0 aliphatic rings. The second-order valence-corrected chi connectivity index (χ2v) is 5.55. The molecule has 0 atom stereocenters. The van der Waals surface area contributed by atoms with Crippen LogP contribution in [0.15, 0.2) is 24.7 Å². The molecule has 0 aliphatic heterocycles. The van der Waals surface area contributed by atoms with Gasteiger partial charge in [-0.3, -0.25) is 4.57 Å². The van der Waals surface area contributed by atoms with Gasteiger partial charge in [0.05, 0.1) is 36.6 Å². The van der Waals surface area contributed by atoms with Gasteiger partial charge in [-0.1, -0.05) is 11.6 Å². The van der Waals surface area contributed by atoms with Gasteiger partial charge in [0.2, 0.25) is 0 Å². The molecule has 1 heterocycles. The highest BCUT2D eigenvalue weighted by molar-refractivity contribution is 6.31. The lowest BCUT2D eigenvalue weighted by atomic mass is 10.0. The lowest BCUT2D eigenvalue weighted by Crippen LogP contribution is -2.31. The highest BCUT2D eigenvalue weighted by Crippen LogP contribution is 2.32. The number of hydrogen-bond donors (Lipinski definition) is 1. The Balaban J connectivity index is 2.66. The SMILES string of the molecule is COc1cc(Cl)c(C)cc1-n1cncc1C(C)(C)N. The summed E-state index contributed by atoms with van der Waals surface area (Å²) in [4.78, 5) is 4.19. The average molecular weight is 280 g/mol. The fourth-order valence-electron chi connectivity index (χ4n) is 1.96. The molecule has 0 radical (unpaired) electrons. The summed E-state index contributed by atoms with van der Waals surface area (Å²) in [7, 11) is 1.62. The van der Waals surface area contributed by atoms with Gasteiger partial charge in [0.1, 0.15) is 5.75 Å². The van der Waals surface area contributed by atoms with Gasteiger partial charge >= 0.3 is 0 Å². The van der Waals surface area contributed by atoms with E-state index < -0.39 is 5.54 Å². The third-order valence-electron chi connectivity index (χ3n) is 3.02. The Morgan fingerprint density at radius 1 is 1.37 bits per heavy atom. The topological polar surface area (TPSA) is 53.1 Å². The van der Waals surface area contributed by atoms with Crippen LogP contribution in [0.3, 0.4) is 0 Å². The molecular formula is C14H18ClN3O. The van der Waals surface area contributed by atoms with Crippen molar-refractivity contribution in [1.82, 2.24) is 9.55 Å². The van der Waals surface area contributed by atoms with Gasteiger partial charge in [0, 0.05) is 11.1 Å². The first kappa shape index (κ1) is 13.9.